The van der Waals surface area contributed by atoms with Gasteiger partial charge in [0.1, 0.15) is 6.04 Å². The van der Waals surface area contributed by atoms with Gasteiger partial charge in [0.2, 0.25) is 11.8 Å². The molecule has 4 heterocycles. The second-order valence-corrected chi connectivity index (χ2v) is 11.4. The first kappa shape index (κ1) is 25.3. The Morgan fingerprint density at radius 3 is 2.79 bits per heavy atom. The number of ether oxygens (including phenoxy) is 1. The summed E-state index contributed by atoms with van der Waals surface area (Å²) in [6.45, 7) is 5.64. The van der Waals surface area contributed by atoms with Crippen LogP contribution in [0.5, 0.6) is 0 Å². The smallest absolute Gasteiger partial charge is 0.311 e. The quantitative estimate of drug-likeness (QED) is 0.320. The number of carbonyl (C=O) groups is 3. The summed E-state index contributed by atoms with van der Waals surface area (Å²) in [5.41, 5.74) is 0. The van der Waals surface area contributed by atoms with E-state index >= 15 is 0 Å². The first-order valence-electron chi connectivity index (χ1n) is 12.9. The van der Waals surface area contributed by atoms with E-state index < -0.39 is 22.6 Å². The average Bonchev–Trinajstić information content (AvgIpc) is 3.21. The highest BCUT2D eigenvalue weighted by atomic mass is 32.2. The van der Waals surface area contributed by atoms with Gasteiger partial charge in [0.05, 0.1) is 23.2 Å². The molecule has 188 valence electrons. The number of cyclic esters (lactones) is 1. The van der Waals surface area contributed by atoms with Crippen LogP contribution in [0.15, 0.2) is 24.3 Å². The van der Waals surface area contributed by atoms with Gasteiger partial charge in [-0.15, -0.1) is 11.8 Å². The molecule has 7 nitrogen and oxygen atoms in total. The van der Waals surface area contributed by atoms with Crippen LogP contribution in [0.2, 0.25) is 0 Å². The number of likely N-dealkylation sites (tertiary alicyclic amines) is 1. The molecule has 34 heavy (non-hydrogen) atoms. The highest BCUT2D eigenvalue weighted by Crippen LogP contribution is 2.60. The summed E-state index contributed by atoms with van der Waals surface area (Å²) >= 11 is 1.60. The highest BCUT2D eigenvalue weighted by Gasteiger charge is 2.70. The average molecular weight is 491 g/mol. The summed E-state index contributed by atoms with van der Waals surface area (Å²) < 4.78 is 4.82. The standard InChI is InChI=1S/C26H38N2O5S/c1-3-11-18(2)27-15-10-13-26-21(20-19(34-26)12-6-4-9-17-33-25(20)32)23(30)28(22(26)24(27)31)14-7-5-8-16-29/h6,10,12-13,18-22,29H,3-5,7-9,11,14-17H2,1-2H3/b12-6-/t18?,19-,20+,21-,22?,26-/m0/s1. The van der Waals surface area contributed by atoms with E-state index in [0.717, 1.165) is 38.5 Å². The van der Waals surface area contributed by atoms with Gasteiger partial charge >= 0.3 is 5.97 Å². The first-order chi connectivity index (χ1) is 16.5. The van der Waals surface area contributed by atoms with Gasteiger partial charge in [-0.25, -0.2) is 0 Å². The third kappa shape index (κ3) is 4.43. The minimum absolute atomic E-state index is 0.0136. The van der Waals surface area contributed by atoms with E-state index in [1.165, 1.54) is 0 Å². The van der Waals surface area contributed by atoms with Crippen LogP contribution in [0.3, 0.4) is 0 Å². The SMILES string of the molecule is CCCC(C)N1CC=C[C@]23S[C@H]4/C=C\CCCOC(=O)[C@H]4[C@H]2C(=O)N(CCCCCO)C3C1=O. The van der Waals surface area contributed by atoms with E-state index in [4.69, 9.17) is 4.74 Å². The number of aliphatic hydroxyl groups is 1. The fraction of sp³-hybridized carbons (Fsp3) is 0.731. The summed E-state index contributed by atoms with van der Waals surface area (Å²) in [5, 5.41) is 8.99. The Kier molecular flexibility index (Phi) is 8.08. The number of thioether (sulfide) groups is 1. The van der Waals surface area contributed by atoms with Crippen LogP contribution in [0.1, 0.15) is 58.8 Å². The fourth-order valence-electron chi connectivity index (χ4n) is 6.05. The Labute approximate surface area is 206 Å². The largest absolute Gasteiger partial charge is 0.465 e. The van der Waals surface area contributed by atoms with Crippen molar-refractivity contribution in [1.82, 2.24) is 9.80 Å². The summed E-state index contributed by atoms with van der Waals surface area (Å²) in [4.78, 5) is 45.0. The Bertz CT molecular complexity index is 845. The lowest BCUT2D eigenvalue weighted by Crippen LogP contribution is -2.55. The van der Waals surface area contributed by atoms with Crippen LogP contribution in [-0.2, 0) is 19.1 Å². The summed E-state index contributed by atoms with van der Waals surface area (Å²) in [6.07, 6.45) is 13.9. The molecule has 0 aromatic heterocycles. The molecule has 4 aliphatic heterocycles. The predicted molar refractivity (Wildman–Crippen MR) is 132 cm³/mol. The van der Waals surface area contributed by atoms with E-state index in [-0.39, 0.29) is 35.7 Å². The molecule has 0 radical (unpaired) electrons. The zero-order valence-corrected chi connectivity index (χ0v) is 21.2. The molecule has 6 atom stereocenters. The van der Waals surface area contributed by atoms with E-state index in [2.05, 4.69) is 32.1 Å². The number of rotatable bonds is 8. The molecule has 0 aliphatic carbocycles. The van der Waals surface area contributed by atoms with Crippen LogP contribution in [-0.4, -0.2) is 81.1 Å². The fourth-order valence-corrected chi connectivity index (χ4v) is 8.05. The van der Waals surface area contributed by atoms with Crippen molar-refractivity contribution < 1.29 is 24.2 Å². The normalized spacial score (nSPS) is 35.0. The van der Waals surface area contributed by atoms with Gasteiger partial charge in [-0.1, -0.05) is 37.6 Å². The van der Waals surface area contributed by atoms with E-state index in [1.807, 2.05) is 11.0 Å². The van der Waals surface area contributed by atoms with Crippen LogP contribution in [0.25, 0.3) is 0 Å². The molecule has 4 rings (SSSR count). The van der Waals surface area contributed by atoms with E-state index in [9.17, 15) is 19.5 Å². The number of allylic oxidation sites excluding steroid dienone is 1. The second-order valence-electron chi connectivity index (χ2n) is 9.93. The molecule has 0 aromatic rings. The third-order valence-corrected chi connectivity index (χ3v) is 9.42. The van der Waals surface area contributed by atoms with Crippen molar-refractivity contribution in [3.8, 4) is 0 Å². The molecule has 2 fully saturated rings. The van der Waals surface area contributed by atoms with Crippen LogP contribution < -0.4 is 0 Å². The summed E-state index contributed by atoms with van der Waals surface area (Å²) in [6, 6.07) is -0.546. The second kappa shape index (κ2) is 10.9. The summed E-state index contributed by atoms with van der Waals surface area (Å²) in [5.74, 6) is -1.64. The molecular weight excluding hydrogens is 452 g/mol. The number of hydrogen-bond donors (Lipinski definition) is 1. The number of nitrogens with zero attached hydrogens (tertiary/aromatic N) is 2. The van der Waals surface area contributed by atoms with Crippen molar-refractivity contribution in [3.05, 3.63) is 24.3 Å². The van der Waals surface area contributed by atoms with Gasteiger partial charge in [0.15, 0.2) is 0 Å². The number of unbranched alkanes of at least 4 members (excludes halogenated alkanes) is 2. The molecule has 1 spiro atoms. The molecule has 4 aliphatic rings. The maximum Gasteiger partial charge on any atom is 0.311 e. The van der Waals surface area contributed by atoms with Crippen molar-refractivity contribution in [2.24, 2.45) is 11.8 Å². The lowest BCUT2D eigenvalue weighted by Gasteiger charge is -2.37. The van der Waals surface area contributed by atoms with Gasteiger partial charge in [-0.3, -0.25) is 14.4 Å². The monoisotopic (exact) mass is 490 g/mol. The van der Waals surface area contributed by atoms with Crippen molar-refractivity contribution in [2.75, 3.05) is 26.3 Å². The Morgan fingerprint density at radius 2 is 2.03 bits per heavy atom. The number of carbonyl (C=O) groups excluding carboxylic acids is 3. The summed E-state index contributed by atoms with van der Waals surface area (Å²) in [7, 11) is 0. The van der Waals surface area contributed by atoms with Crippen LogP contribution in [0, 0.1) is 11.8 Å². The third-order valence-electron chi connectivity index (χ3n) is 7.68. The van der Waals surface area contributed by atoms with Crippen LogP contribution in [0.4, 0.5) is 0 Å². The number of amides is 2. The zero-order valence-electron chi connectivity index (χ0n) is 20.4. The van der Waals surface area contributed by atoms with E-state index in [1.54, 1.807) is 16.7 Å². The van der Waals surface area contributed by atoms with Crippen molar-refractivity contribution >= 4 is 29.5 Å². The molecule has 0 bridgehead atoms. The lowest BCUT2D eigenvalue weighted by molar-refractivity contribution is -0.153. The van der Waals surface area contributed by atoms with Gasteiger partial charge < -0.3 is 19.6 Å². The Morgan fingerprint density at radius 1 is 1.21 bits per heavy atom. The number of aliphatic hydroxyl groups excluding tert-OH is 1. The van der Waals surface area contributed by atoms with E-state index in [0.29, 0.717) is 26.1 Å². The Hall–Kier alpha value is -1.80. The predicted octanol–water partition coefficient (Wildman–Crippen LogP) is 2.93. The minimum Gasteiger partial charge on any atom is -0.465 e. The molecule has 1 N–H and O–H groups in total. The van der Waals surface area contributed by atoms with Gasteiger partial charge in [-0.2, -0.15) is 0 Å². The number of esters is 1. The van der Waals surface area contributed by atoms with Gasteiger partial charge in [0.25, 0.3) is 0 Å². The van der Waals surface area contributed by atoms with Gasteiger partial charge in [0, 0.05) is 31.0 Å². The lowest BCUT2D eigenvalue weighted by atomic mass is 9.78. The maximum absolute atomic E-state index is 14.1. The topological polar surface area (TPSA) is 87.2 Å². The molecule has 2 saturated heterocycles. The van der Waals surface area contributed by atoms with Crippen molar-refractivity contribution in [3.63, 3.8) is 0 Å². The molecule has 8 heteroatoms. The minimum atomic E-state index is -0.774. The molecule has 2 unspecified atom stereocenters. The molecule has 0 aromatic carbocycles. The zero-order chi connectivity index (χ0) is 24.3. The molecular formula is C26H38N2O5S. The Balaban J connectivity index is 1.74. The highest BCUT2D eigenvalue weighted by molar-refractivity contribution is 8.02. The number of fused-ring (bicyclic) bond motifs is 2. The molecule has 0 saturated carbocycles. The van der Waals surface area contributed by atoms with Gasteiger partial charge in [-0.05, 0) is 45.4 Å². The van der Waals surface area contributed by atoms with Crippen LogP contribution >= 0.6 is 11.8 Å². The maximum atomic E-state index is 14.1. The van der Waals surface area contributed by atoms with Crippen molar-refractivity contribution in [1.29, 1.82) is 0 Å². The number of hydrogen-bond acceptors (Lipinski definition) is 6. The first-order valence-corrected chi connectivity index (χ1v) is 13.7. The van der Waals surface area contributed by atoms with Crippen molar-refractivity contribution in [2.45, 2.75) is 80.9 Å². The molecule has 2 amide bonds.